The minimum absolute atomic E-state index is 0.133. The molecule has 4 rings (SSSR count). The molecule has 3 heterocycles. The summed E-state index contributed by atoms with van der Waals surface area (Å²) in [5.74, 6) is 1.57. The molecule has 1 unspecified atom stereocenters. The van der Waals surface area contributed by atoms with E-state index in [4.69, 9.17) is 0 Å². The lowest BCUT2D eigenvalue weighted by Gasteiger charge is -2.19. The molecule has 0 amide bonds. The molecular formula is C16H15N7. The number of nitrogens with zero attached hydrogens (tertiary/aromatic N) is 6. The number of fused-ring (bicyclic) bond motifs is 1. The van der Waals surface area contributed by atoms with Crippen molar-refractivity contribution >= 4 is 11.5 Å². The van der Waals surface area contributed by atoms with E-state index in [0.29, 0.717) is 11.5 Å². The Morgan fingerprint density at radius 2 is 1.87 bits per heavy atom. The molecule has 0 spiro atoms. The smallest absolute Gasteiger partial charge is 0.203 e. The molecule has 0 radical (unpaired) electrons. The van der Waals surface area contributed by atoms with E-state index in [0.717, 1.165) is 11.4 Å². The van der Waals surface area contributed by atoms with Gasteiger partial charge in [-0.05, 0) is 5.56 Å². The average Bonchev–Trinajstić information content (AvgIpc) is 3.22. The van der Waals surface area contributed by atoms with Crippen molar-refractivity contribution in [1.82, 2.24) is 29.1 Å². The van der Waals surface area contributed by atoms with Crippen molar-refractivity contribution in [1.29, 1.82) is 0 Å². The van der Waals surface area contributed by atoms with Gasteiger partial charge >= 0.3 is 0 Å². The minimum Gasteiger partial charge on any atom is -0.353 e. The topological polar surface area (TPSA) is 72.9 Å². The zero-order valence-corrected chi connectivity index (χ0v) is 12.5. The molecule has 0 aliphatic rings. The highest BCUT2D eigenvalue weighted by molar-refractivity contribution is 5.62. The first kappa shape index (κ1) is 13.4. The first-order valence-corrected chi connectivity index (χ1v) is 7.26. The van der Waals surface area contributed by atoms with Crippen molar-refractivity contribution in [3.05, 3.63) is 72.8 Å². The van der Waals surface area contributed by atoms with Crippen molar-refractivity contribution in [2.24, 2.45) is 7.05 Å². The lowest BCUT2D eigenvalue weighted by Crippen LogP contribution is -2.18. The molecule has 1 N–H and O–H groups in total. The highest BCUT2D eigenvalue weighted by atomic mass is 15.3. The molecule has 0 saturated heterocycles. The first-order valence-electron chi connectivity index (χ1n) is 7.26. The largest absolute Gasteiger partial charge is 0.353 e. The van der Waals surface area contributed by atoms with Crippen LogP contribution in [0.1, 0.15) is 17.4 Å². The van der Waals surface area contributed by atoms with Crippen molar-refractivity contribution in [3.8, 4) is 0 Å². The summed E-state index contributed by atoms with van der Waals surface area (Å²) < 4.78 is 3.82. The van der Waals surface area contributed by atoms with Crippen LogP contribution < -0.4 is 5.32 Å². The molecule has 23 heavy (non-hydrogen) atoms. The van der Waals surface area contributed by atoms with E-state index < -0.39 is 0 Å². The third-order valence-corrected chi connectivity index (χ3v) is 3.75. The Morgan fingerprint density at radius 1 is 1.04 bits per heavy atom. The van der Waals surface area contributed by atoms with Crippen LogP contribution in [0, 0.1) is 0 Å². The van der Waals surface area contributed by atoms with Crippen LogP contribution in [0.25, 0.3) is 5.65 Å². The Hall–Kier alpha value is -3.22. The highest BCUT2D eigenvalue weighted by Gasteiger charge is 2.20. The number of nitrogens with one attached hydrogen (secondary N) is 1. The second-order valence-corrected chi connectivity index (χ2v) is 5.22. The van der Waals surface area contributed by atoms with Gasteiger partial charge in [0.15, 0.2) is 5.82 Å². The molecule has 0 aliphatic carbocycles. The van der Waals surface area contributed by atoms with E-state index in [1.165, 1.54) is 0 Å². The Kier molecular flexibility index (Phi) is 3.23. The highest BCUT2D eigenvalue weighted by Crippen LogP contribution is 2.25. The second-order valence-electron chi connectivity index (χ2n) is 5.22. The molecule has 7 heteroatoms. The van der Waals surface area contributed by atoms with Gasteiger partial charge in [-0.25, -0.2) is 9.97 Å². The van der Waals surface area contributed by atoms with Gasteiger partial charge in [0.25, 0.3) is 0 Å². The molecule has 3 aromatic heterocycles. The minimum atomic E-state index is -0.133. The van der Waals surface area contributed by atoms with Crippen LogP contribution in [0.5, 0.6) is 0 Å². The SMILES string of the molecule is Cn1ccnc1C(Nc1nccn2cnnc12)c1ccccc1. The Morgan fingerprint density at radius 3 is 2.65 bits per heavy atom. The number of anilines is 1. The molecule has 1 atom stereocenters. The molecule has 0 aliphatic heterocycles. The lowest BCUT2D eigenvalue weighted by molar-refractivity contribution is 0.745. The summed E-state index contributed by atoms with van der Waals surface area (Å²) >= 11 is 0. The van der Waals surface area contributed by atoms with Crippen molar-refractivity contribution in [3.63, 3.8) is 0 Å². The summed E-state index contributed by atoms with van der Waals surface area (Å²) in [4.78, 5) is 8.90. The summed E-state index contributed by atoms with van der Waals surface area (Å²) in [6, 6.07) is 10.0. The van der Waals surface area contributed by atoms with Gasteiger partial charge in [-0.15, -0.1) is 10.2 Å². The molecule has 1 aromatic carbocycles. The number of hydrogen-bond donors (Lipinski definition) is 1. The number of aryl methyl sites for hydroxylation is 1. The van der Waals surface area contributed by atoms with Crippen LogP contribution in [0.15, 0.2) is 61.4 Å². The Bertz CT molecular complexity index is 926. The van der Waals surface area contributed by atoms with Crippen molar-refractivity contribution < 1.29 is 0 Å². The summed E-state index contributed by atoms with van der Waals surface area (Å²) in [5, 5.41) is 11.5. The molecule has 7 nitrogen and oxygen atoms in total. The van der Waals surface area contributed by atoms with E-state index in [1.54, 1.807) is 18.7 Å². The monoisotopic (exact) mass is 305 g/mol. The van der Waals surface area contributed by atoms with Crippen molar-refractivity contribution in [2.45, 2.75) is 6.04 Å². The third kappa shape index (κ3) is 2.42. The second kappa shape index (κ2) is 5.53. The summed E-state index contributed by atoms with van der Waals surface area (Å²) in [6.07, 6.45) is 8.91. The normalized spacial score (nSPS) is 12.4. The van der Waals surface area contributed by atoms with Crippen molar-refractivity contribution in [2.75, 3.05) is 5.32 Å². The Balaban J connectivity index is 1.80. The van der Waals surface area contributed by atoms with Crippen LogP contribution in [0.4, 0.5) is 5.82 Å². The van der Waals surface area contributed by atoms with E-state index in [2.05, 4.69) is 37.6 Å². The third-order valence-electron chi connectivity index (χ3n) is 3.75. The molecular weight excluding hydrogens is 290 g/mol. The quantitative estimate of drug-likeness (QED) is 0.625. The van der Waals surface area contributed by atoms with Gasteiger partial charge in [-0.3, -0.25) is 4.40 Å². The van der Waals surface area contributed by atoms with Crippen LogP contribution in [0.3, 0.4) is 0 Å². The van der Waals surface area contributed by atoms with E-state index in [9.17, 15) is 0 Å². The van der Waals surface area contributed by atoms with Gasteiger partial charge in [-0.1, -0.05) is 30.3 Å². The standard InChI is InChI=1S/C16H15N7/c1-22-9-7-18-15(22)13(12-5-3-2-4-6-12)20-14-16-21-19-11-23(16)10-8-17-14/h2-11,13H,1H3,(H,17,20). The number of imidazole rings is 1. The molecule has 4 aromatic rings. The van der Waals surface area contributed by atoms with Crippen LogP contribution in [-0.2, 0) is 7.05 Å². The van der Waals surface area contributed by atoms with Crippen LogP contribution >= 0.6 is 0 Å². The number of rotatable bonds is 4. The van der Waals surface area contributed by atoms with Gasteiger partial charge in [0.1, 0.15) is 18.2 Å². The summed E-state index contributed by atoms with van der Waals surface area (Å²) in [6.45, 7) is 0. The summed E-state index contributed by atoms with van der Waals surface area (Å²) in [7, 11) is 1.98. The zero-order chi connectivity index (χ0) is 15.6. The van der Waals surface area contributed by atoms with Gasteiger partial charge in [0.2, 0.25) is 5.65 Å². The lowest BCUT2D eigenvalue weighted by atomic mass is 10.1. The fraction of sp³-hybridized carbons (Fsp3) is 0.125. The first-order chi connectivity index (χ1) is 11.3. The number of aromatic nitrogens is 6. The molecule has 0 bridgehead atoms. The van der Waals surface area contributed by atoms with Gasteiger partial charge in [0.05, 0.1) is 0 Å². The fourth-order valence-electron chi connectivity index (χ4n) is 2.59. The zero-order valence-electron chi connectivity index (χ0n) is 12.5. The summed E-state index contributed by atoms with van der Waals surface area (Å²) in [5.41, 5.74) is 1.78. The van der Waals surface area contributed by atoms with Crippen LogP contribution in [-0.4, -0.2) is 29.1 Å². The van der Waals surface area contributed by atoms with Gasteiger partial charge < -0.3 is 9.88 Å². The van der Waals surface area contributed by atoms with Crippen LogP contribution in [0.2, 0.25) is 0 Å². The van der Waals surface area contributed by atoms with Gasteiger partial charge in [0, 0.05) is 31.8 Å². The molecule has 0 fully saturated rings. The predicted molar refractivity (Wildman–Crippen MR) is 85.9 cm³/mol. The maximum absolute atomic E-state index is 4.49. The predicted octanol–water partition coefficient (Wildman–Crippen LogP) is 2.06. The van der Waals surface area contributed by atoms with E-state index >= 15 is 0 Å². The Labute approximate surface area is 132 Å². The molecule has 0 saturated carbocycles. The van der Waals surface area contributed by atoms with E-state index in [1.807, 2.05) is 46.6 Å². The fourth-order valence-corrected chi connectivity index (χ4v) is 2.59. The molecule has 114 valence electrons. The maximum Gasteiger partial charge on any atom is 0.203 e. The number of hydrogen-bond acceptors (Lipinski definition) is 5. The number of benzene rings is 1. The average molecular weight is 305 g/mol. The van der Waals surface area contributed by atoms with Gasteiger partial charge in [-0.2, -0.15) is 0 Å². The maximum atomic E-state index is 4.49. The van der Waals surface area contributed by atoms with E-state index in [-0.39, 0.29) is 6.04 Å².